The highest BCUT2D eigenvalue weighted by atomic mass is 19.4. The van der Waals surface area contributed by atoms with E-state index in [4.69, 9.17) is 10.2 Å². The summed E-state index contributed by atoms with van der Waals surface area (Å²) in [5.74, 6) is -1.00. The zero-order valence-electron chi connectivity index (χ0n) is 22.2. The molecule has 0 radical (unpaired) electrons. The monoisotopic (exact) mass is 603 g/mol. The number of nitrogen functional groups attached to an aromatic ring is 1. The number of hydrogen-bond acceptors (Lipinski definition) is 6. The van der Waals surface area contributed by atoms with Gasteiger partial charge in [-0.2, -0.15) is 26.3 Å². The Balaban J connectivity index is 1.35. The summed E-state index contributed by atoms with van der Waals surface area (Å²) < 4.78 is 87.3. The third-order valence-corrected chi connectivity index (χ3v) is 6.84. The number of amides is 2. The van der Waals surface area contributed by atoms with Crippen molar-refractivity contribution in [3.63, 3.8) is 0 Å². The van der Waals surface area contributed by atoms with Crippen LogP contribution < -0.4 is 11.1 Å². The molecule has 1 aliphatic rings. The van der Waals surface area contributed by atoms with E-state index >= 15 is 0 Å². The number of hydrogen-bond donors (Lipinski definition) is 2. The van der Waals surface area contributed by atoms with Crippen LogP contribution in [0.15, 0.2) is 65.4 Å². The van der Waals surface area contributed by atoms with Crippen molar-refractivity contribution in [3.05, 3.63) is 83.4 Å². The van der Waals surface area contributed by atoms with Gasteiger partial charge in [0.15, 0.2) is 0 Å². The molecule has 8 nitrogen and oxygen atoms in total. The van der Waals surface area contributed by atoms with Crippen LogP contribution in [0.2, 0.25) is 0 Å². The Morgan fingerprint density at radius 2 is 1.84 bits per heavy atom. The van der Waals surface area contributed by atoms with Crippen molar-refractivity contribution in [3.8, 4) is 11.3 Å². The van der Waals surface area contributed by atoms with Crippen LogP contribution in [0.5, 0.6) is 0 Å². The van der Waals surface area contributed by atoms with Gasteiger partial charge in [0.1, 0.15) is 23.2 Å². The van der Waals surface area contributed by atoms with Crippen molar-refractivity contribution >= 4 is 34.7 Å². The molecule has 1 aromatic carbocycles. The number of furan rings is 1. The summed E-state index contributed by atoms with van der Waals surface area (Å²) in [6.45, 7) is -0.259. The number of benzene rings is 1. The quantitative estimate of drug-likeness (QED) is 0.207. The highest BCUT2D eigenvalue weighted by Crippen LogP contribution is 2.39. The molecule has 4 aromatic rings. The topological polar surface area (TPSA) is 114 Å². The molecule has 43 heavy (non-hydrogen) atoms. The Hall–Kier alpha value is -4.88. The summed E-state index contributed by atoms with van der Waals surface area (Å²) in [6.07, 6.45) is -4.15. The van der Waals surface area contributed by atoms with Crippen LogP contribution in [0, 0.1) is 0 Å². The molecule has 1 saturated heterocycles. The standard InChI is InChI=1S/C29H23F6N5O3/c30-28(31,32)21-12-18(22-6-5-17(14-37-22)27(42)40-9-1-2-23(40)29(33,34)35)10-19-11-20(43-26(19)21)15-39-25(41)8-4-16-3-7-24(36)38-13-16/h3-8,10-14,23H,1-2,9,15H2,(H2,36,38)(H,39,41)/b8-4+/t23-/m0/s1. The van der Waals surface area contributed by atoms with E-state index in [1.54, 1.807) is 12.1 Å². The number of fused-ring (bicyclic) bond motifs is 1. The summed E-state index contributed by atoms with van der Waals surface area (Å²) >= 11 is 0. The number of nitrogens with one attached hydrogen (secondary N) is 1. The smallest absolute Gasteiger partial charge is 0.420 e. The van der Waals surface area contributed by atoms with Crippen molar-refractivity contribution in [2.45, 2.75) is 37.8 Å². The van der Waals surface area contributed by atoms with Crippen LogP contribution in [0.3, 0.4) is 0 Å². The van der Waals surface area contributed by atoms with Gasteiger partial charge in [-0.3, -0.25) is 14.6 Å². The van der Waals surface area contributed by atoms with Crippen molar-refractivity contribution in [2.24, 2.45) is 0 Å². The SMILES string of the molecule is Nc1ccc(/C=C/C(=O)NCc2cc3cc(-c4ccc(C(=O)N5CCC[C@H]5C(F)(F)F)cn4)cc(C(F)(F)F)c3o2)cn1. The third-order valence-electron chi connectivity index (χ3n) is 6.84. The van der Waals surface area contributed by atoms with Crippen molar-refractivity contribution in [1.82, 2.24) is 20.2 Å². The number of alkyl halides is 6. The molecule has 1 fully saturated rings. The molecule has 5 rings (SSSR count). The third kappa shape index (κ3) is 6.63. The largest absolute Gasteiger partial charge is 0.459 e. The number of likely N-dealkylation sites (tertiary alicyclic amines) is 1. The van der Waals surface area contributed by atoms with Gasteiger partial charge >= 0.3 is 12.4 Å². The average Bonchev–Trinajstić information content (AvgIpc) is 3.62. The first kappa shape index (κ1) is 29.6. The number of halogens is 6. The second kappa shape index (κ2) is 11.4. The Kier molecular flexibility index (Phi) is 7.86. The first-order chi connectivity index (χ1) is 20.3. The lowest BCUT2D eigenvalue weighted by Gasteiger charge is -2.26. The number of carbonyl (C=O) groups excluding carboxylic acids is 2. The number of carbonyl (C=O) groups is 2. The maximum absolute atomic E-state index is 14.0. The first-order valence-electron chi connectivity index (χ1n) is 12.9. The number of aromatic nitrogens is 2. The fourth-order valence-corrected chi connectivity index (χ4v) is 4.78. The van der Waals surface area contributed by atoms with E-state index in [0.29, 0.717) is 11.4 Å². The number of pyridine rings is 2. The van der Waals surface area contributed by atoms with Gasteiger partial charge < -0.3 is 20.4 Å². The molecular weight excluding hydrogens is 580 g/mol. The zero-order chi connectivity index (χ0) is 30.9. The van der Waals surface area contributed by atoms with Crippen molar-refractivity contribution < 1.29 is 40.3 Å². The molecule has 1 aliphatic heterocycles. The Labute approximate surface area is 240 Å². The predicted octanol–water partition coefficient (Wildman–Crippen LogP) is 5.99. The van der Waals surface area contributed by atoms with E-state index in [0.717, 1.165) is 17.2 Å². The zero-order valence-corrected chi connectivity index (χ0v) is 22.2. The summed E-state index contributed by atoms with van der Waals surface area (Å²) in [5, 5.41) is 2.62. The van der Waals surface area contributed by atoms with Gasteiger partial charge in [0.2, 0.25) is 5.91 Å². The van der Waals surface area contributed by atoms with Crippen molar-refractivity contribution in [1.29, 1.82) is 0 Å². The molecule has 0 aliphatic carbocycles. The van der Waals surface area contributed by atoms with Crippen molar-refractivity contribution in [2.75, 3.05) is 12.3 Å². The molecule has 1 atom stereocenters. The van der Waals surface area contributed by atoms with Gasteiger partial charge in [0.25, 0.3) is 5.91 Å². The average molecular weight is 604 g/mol. The number of nitrogens with two attached hydrogens (primary N) is 1. The summed E-state index contributed by atoms with van der Waals surface area (Å²) in [4.78, 5) is 33.7. The van der Waals surface area contributed by atoms with Crippen LogP contribution in [0.1, 0.15) is 40.1 Å². The molecule has 0 saturated carbocycles. The van der Waals surface area contributed by atoms with Gasteiger partial charge in [-0.1, -0.05) is 0 Å². The number of anilines is 1. The van der Waals surface area contributed by atoms with Gasteiger partial charge in [-0.05, 0) is 66.9 Å². The van der Waals surface area contributed by atoms with E-state index in [9.17, 15) is 35.9 Å². The summed E-state index contributed by atoms with van der Waals surface area (Å²) in [6, 6.07) is 7.41. The van der Waals surface area contributed by atoms with Gasteiger partial charge in [0, 0.05) is 36.0 Å². The molecule has 14 heteroatoms. The lowest BCUT2D eigenvalue weighted by molar-refractivity contribution is -0.169. The molecule has 0 spiro atoms. The Morgan fingerprint density at radius 3 is 2.49 bits per heavy atom. The van der Waals surface area contributed by atoms with Gasteiger partial charge in [-0.25, -0.2) is 4.98 Å². The fraction of sp³-hybridized carbons (Fsp3) is 0.241. The van der Waals surface area contributed by atoms with E-state index < -0.39 is 41.4 Å². The van der Waals surface area contributed by atoms with E-state index in [1.807, 2.05) is 0 Å². The minimum Gasteiger partial charge on any atom is -0.459 e. The molecule has 4 heterocycles. The molecule has 2 amide bonds. The van der Waals surface area contributed by atoms with Gasteiger partial charge in [0.05, 0.1) is 23.4 Å². The molecular formula is C29H23F6N5O3. The lowest BCUT2D eigenvalue weighted by Crippen LogP contribution is -2.44. The molecule has 3 N–H and O–H groups in total. The molecule has 3 aromatic heterocycles. The lowest BCUT2D eigenvalue weighted by atomic mass is 10.0. The fourth-order valence-electron chi connectivity index (χ4n) is 4.78. The van der Waals surface area contributed by atoms with E-state index in [-0.39, 0.29) is 53.9 Å². The van der Waals surface area contributed by atoms with Crippen LogP contribution in [0.4, 0.5) is 32.2 Å². The number of rotatable bonds is 6. The molecule has 224 valence electrons. The minimum absolute atomic E-state index is 0.0459. The second-order valence-corrected chi connectivity index (χ2v) is 9.85. The van der Waals surface area contributed by atoms with Crippen LogP contribution in [-0.4, -0.2) is 45.4 Å². The minimum atomic E-state index is -4.80. The highest BCUT2D eigenvalue weighted by molar-refractivity contribution is 5.95. The summed E-state index contributed by atoms with van der Waals surface area (Å²) in [7, 11) is 0. The van der Waals surface area contributed by atoms with Crippen LogP contribution in [0.25, 0.3) is 28.3 Å². The molecule has 0 unspecified atom stereocenters. The maximum Gasteiger partial charge on any atom is 0.420 e. The van der Waals surface area contributed by atoms with E-state index in [2.05, 4.69) is 15.3 Å². The van der Waals surface area contributed by atoms with Crippen LogP contribution >= 0.6 is 0 Å². The summed E-state index contributed by atoms with van der Waals surface area (Å²) in [5.41, 5.74) is 4.61. The Morgan fingerprint density at radius 1 is 1.05 bits per heavy atom. The predicted molar refractivity (Wildman–Crippen MR) is 144 cm³/mol. The second-order valence-electron chi connectivity index (χ2n) is 9.85. The Bertz CT molecular complexity index is 1680. The first-order valence-corrected chi connectivity index (χ1v) is 12.9. The molecule has 0 bridgehead atoms. The number of nitrogens with zero attached hydrogens (tertiary/aromatic N) is 3. The normalized spacial score (nSPS) is 15.9. The van der Waals surface area contributed by atoms with Crippen LogP contribution in [-0.2, 0) is 17.5 Å². The van der Waals surface area contributed by atoms with Gasteiger partial charge in [-0.15, -0.1) is 0 Å². The maximum atomic E-state index is 14.0. The highest BCUT2D eigenvalue weighted by Gasteiger charge is 2.47. The van der Waals surface area contributed by atoms with E-state index in [1.165, 1.54) is 42.6 Å².